The highest BCUT2D eigenvalue weighted by atomic mass is 16.5. The molecule has 2 aromatic heterocycles. The lowest BCUT2D eigenvalue weighted by atomic mass is 10.1. The lowest BCUT2D eigenvalue weighted by Crippen LogP contribution is -2.36. The van der Waals surface area contributed by atoms with Crippen molar-refractivity contribution < 1.29 is 14.3 Å². The molecule has 0 bridgehead atoms. The van der Waals surface area contributed by atoms with Crippen molar-refractivity contribution >= 4 is 22.6 Å². The third-order valence-corrected chi connectivity index (χ3v) is 5.51. The molecular formula is C21H23N5O3. The van der Waals surface area contributed by atoms with E-state index in [1.54, 1.807) is 0 Å². The van der Waals surface area contributed by atoms with Gasteiger partial charge >= 0.3 is 0 Å². The van der Waals surface area contributed by atoms with Crippen LogP contribution in [-0.2, 0) is 4.74 Å². The van der Waals surface area contributed by atoms with E-state index < -0.39 is 0 Å². The molecule has 2 saturated heterocycles. The number of aromatic nitrogens is 3. The van der Waals surface area contributed by atoms with Gasteiger partial charge in [0.25, 0.3) is 5.91 Å². The summed E-state index contributed by atoms with van der Waals surface area (Å²) >= 11 is 0. The average molecular weight is 393 g/mol. The number of aromatic amines is 1. The van der Waals surface area contributed by atoms with E-state index in [1.807, 2.05) is 41.4 Å². The van der Waals surface area contributed by atoms with Gasteiger partial charge in [-0.25, -0.2) is 9.97 Å². The molecular weight excluding hydrogens is 370 g/mol. The first kappa shape index (κ1) is 17.9. The van der Waals surface area contributed by atoms with Crippen LogP contribution in [-0.4, -0.2) is 71.3 Å². The van der Waals surface area contributed by atoms with E-state index in [0.29, 0.717) is 32.2 Å². The van der Waals surface area contributed by atoms with Crippen molar-refractivity contribution in [1.29, 1.82) is 0 Å². The number of anilines is 1. The highest BCUT2D eigenvalue weighted by molar-refractivity contribution is 6.06. The number of morpholine rings is 1. The number of hydrogen-bond donors (Lipinski definition) is 1. The van der Waals surface area contributed by atoms with Crippen LogP contribution in [0.4, 0.5) is 5.82 Å². The number of nitrogens with zero attached hydrogens (tertiary/aromatic N) is 4. The van der Waals surface area contributed by atoms with Crippen LogP contribution in [0.25, 0.3) is 10.9 Å². The summed E-state index contributed by atoms with van der Waals surface area (Å²) in [6, 6.07) is 9.58. The second-order valence-corrected chi connectivity index (χ2v) is 7.34. The number of amides is 1. The number of benzene rings is 1. The van der Waals surface area contributed by atoms with Gasteiger partial charge in [0.15, 0.2) is 0 Å². The van der Waals surface area contributed by atoms with Gasteiger partial charge in [-0.3, -0.25) is 4.79 Å². The van der Waals surface area contributed by atoms with Crippen molar-refractivity contribution in [2.45, 2.75) is 12.5 Å². The van der Waals surface area contributed by atoms with Crippen LogP contribution in [0.2, 0.25) is 0 Å². The first-order valence-corrected chi connectivity index (χ1v) is 9.95. The van der Waals surface area contributed by atoms with E-state index in [-0.39, 0.29) is 12.0 Å². The van der Waals surface area contributed by atoms with E-state index in [2.05, 4.69) is 19.9 Å². The van der Waals surface area contributed by atoms with E-state index in [0.717, 1.165) is 41.8 Å². The Morgan fingerprint density at radius 3 is 2.97 bits per heavy atom. The number of rotatable bonds is 4. The quantitative estimate of drug-likeness (QED) is 0.731. The highest BCUT2D eigenvalue weighted by Gasteiger charge is 2.29. The molecule has 0 saturated carbocycles. The number of likely N-dealkylation sites (tertiary alicyclic amines) is 1. The molecule has 150 valence electrons. The molecule has 1 amide bonds. The predicted molar refractivity (Wildman–Crippen MR) is 108 cm³/mol. The minimum Gasteiger partial charge on any atom is -0.472 e. The highest BCUT2D eigenvalue weighted by Crippen LogP contribution is 2.24. The maximum Gasteiger partial charge on any atom is 0.254 e. The molecule has 0 spiro atoms. The first-order chi connectivity index (χ1) is 14.3. The molecule has 2 aliphatic heterocycles. The van der Waals surface area contributed by atoms with E-state index in [1.165, 1.54) is 6.33 Å². The molecule has 0 radical (unpaired) electrons. The monoisotopic (exact) mass is 393 g/mol. The summed E-state index contributed by atoms with van der Waals surface area (Å²) in [6.45, 7) is 4.25. The summed E-state index contributed by atoms with van der Waals surface area (Å²) in [5.41, 5.74) is 1.69. The molecule has 0 aliphatic carbocycles. The zero-order valence-electron chi connectivity index (χ0n) is 16.1. The van der Waals surface area contributed by atoms with Gasteiger partial charge < -0.3 is 24.3 Å². The first-order valence-electron chi connectivity index (χ1n) is 9.95. The molecule has 8 nitrogen and oxygen atoms in total. The Labute approximate surface area is 168 Å². The second kappa shape index (κ2) is 7.71. The molecule has 2 aliphatic rings. The summed E-state index contributed by atoms with van der Waals surface area (Å²) in [4.78, 5) is 28.8. The summed E-state index contributed by atoms with van der Waals surface area (Å²) in [6.07, 6.45) is 4.10. The summed E-state index contributed by atoms with van der Waals surface area (Å²) in [5.74, 6) is 1.44. The predicted octanol–water partition coefficient (Wildman–Crippen LogP) is 2.09. The molecule has 5 rings (SSSR count). The van der Waals surface area contributed by atoms with Gasteiger partial charge in [0.05, 0.1) is 19.8 Å². The van der Waals surface area contributed by atoms with E-state index in [9.17, 15) is 4.79 Å². The second-order valence-electron chi connectivity index (χ2n) is 7.34. The number of carbonyl (C=O) groups is 1. The lowest BCUT2D eigenvalue weighted by molar-refractivity contribution is 0.0773. The molecule has 4 heterocycles. The van der Waals surface area contributed by atoms with Gasteiger partial charge in [-0.1, -0.05) is 6.07 Å². The van der Waals surface area contributed by atoms with Gasteiger partial charge in [-0.05, 0) is 18.2 Å². The third-order valence-electron chi connectivity index (χ3n) is 5.51. The van der Waals surface area contributed by atoms with Crippen molar-refractivity contribution in [3.8, 4) is 5.88 Å². The zero-order chi connectivity index (χ0) is 19.6. The standard InChI is InChI=1S/C21H23N5O3/c27-21(17-2-1-3-18-16(17)4-6-22-18)26-7-5-15(13-26)29-20-12-19(23-14-24-20)25-8-10-28-11-9-25/h1-4,6,12,14-15,22H,5,7-11,13H2. The Morgan fingerprint density at radius 1 is 1.17 bits per heavy atom. The Hall–Kier alpha value is -3.13. The largest absolute Gasteiger partial charge is 0.472 e. The number of nitrogens with one attached hydrogen (secondary N) is 1. The van der Waals surface area contributed by atoms with Crippen LogP contribution in [0.1, 0.15) is 16.8 Å². The van der Waals surface area contributed by atoms with Crippen LogP contribution in [0.3, 0.4) is 0 Å². The van der Waals surface area contributed by atoms with Crippen LogP contribution < -0.4 is 9.64 Å². The number of ether oxygens (including phenoxy) is 2. The van der Waals surface area contributed by atoms with Crippen LogP contribution in [0.15, 0.2) is 42.9 Å². The number of H-pyrrole nitrogens is 1. The minimum absolute atomic E-state index is 0.0398. The van der Waals surface area contributed by atoms with Gasteiger partial charge in [-0.2, -0.15) is 0 Å². The third kappa shape index (κ3) is 3.63. The lowest BCUT2D eigenvalue weighted by Gasteiger charge is -2.27. The summed E-state index contributed by atoms with van der Waals surface area (Å²) in [7, 11) is 0. The molecule has 29 heavy (non-hydrogen) atoms. The Morgan fingerprint density at radius 2 is 2.07 bits per heavy atom. The van der Waals surface area contributed by atoms with Crippen molar-refractivity contribution in [2.24, 2.45) is 0 Å². The van der Waals surface area contributed by atoms with Crippen LogP contribution in [0, 0.1) is 0 Å². The maximum absolute atomic E-state index is 13.0. The van der Waals surface area contributed by atoms with Crippen molar-refractivity contribution in [1.82, 2.24) is 19.9 Å². The van der Waals surface area contributed by atoms with Gasteiger partial charge in [0.1, 0.15) is 18.2 Å². The molecule has 2 fully saturated rings. The van der Waals surface area contributed by atoms with Crippen molar-refractivity contribution in [3.05, 3.63) is 48.4 Å². The fourth-order valence-electron chi connectivity index (χ4n) is 3.98. The summed E-state index contributed by atoms with van der Waals surface area (Å²) in [5, 5.41) is 0.952. The molecule has 1 atom stereocenters. The number of hydrogen-bond acceptors (Lipinski definition) is 6. The molecule has 1 N–H and O–H groups in total. The van der Waals surface area contributed by atoms with Gasteiger partial charge in [0.2, 0.25) is 5.88 Å². The normalized spacial score (nSPS) is 19.7. The SMILES string of the molecule is O=C(c1cccc2[nH]ccc12)N1CCC(Oc2cc(N3CCOCC3)ncn2)C1. The Kier molecular flexibility index (Phi) is 4.77. The summed E-state index contributed by atoms with van der Waals surface area (Å²) < 4.78 is 11.5. The smallest absolute Gasteiger partial charge is 0.254 e. The van der Waals surface area contributed by atoms with Gasteiger partial charge in [0, 0.05) is 54.8 Å². The van der Waals surface area contributed by atoms with Crippen LogP contribution >= 0.6 is 0 Å². The Bertz CT molecular complexity index is 1010. The molecule has 1 unspecified atom stereocenters. The zero-order valence-corrected chi connectivity index (χ0v) is 16.1. The molecule has 1 aromatic carbocycles. The maximum atomic E-state index is 13.0. The van der Waals surface area contributed by atoms with Crippen molar-refractivity contribution in [2.75, 3.05) is 44.3 Å². The van der Waals surface area contributed by atoms with E-state index in [4.69, 9.17) is 9.47 Å². The fourth-order valence-corrected chi connectivity index (χ4v) is 3.98. The average Bonchev–Trinajstić information content (AvgIpc) is 3.43. The van der Waals surface area contributed by atoms with Crippen LogP contribution in [0.5, 0.6) is 5.88 Å². The topological polar surface area (TPSA) is 83.6 Å². The Balaban J connectivity index is 1.25. The van der Waals surface area contributed by atoms with Crippen molar-refractivity contribution in [3.63, 3.8) is 0 Å². The fraction of sp³-hybridized carbons (Fsp3) is 0.381. The number of carbonyl (C=O) groups excluding carboxylic acids is 1. The molecule has 3 aromatic rings. The van der Waals surface area contributed by atoms with E-state index >= 15 is 0 Å². The van der Waals surface area contributed by atoms with Gasteiger partial charge in [-0.15, -0.1) is 0 Å². The minimum atomic E-state index is -0.0724. The molecule has 8 heteroatoms. The number of fused-ring (bicyclic) bond motifs is 1.